The molecule has 0 aromatic heterocycles. The van der Waals surface area contributed by atoms with Gasteiger partial charge in [-0.1, -0.05) is 6.07 Å². The van der Waals surface area contributed by atoms with Gasteiger partial charge in [0.25, 0.3) is 5.91 Å². The molecule has 1 atom stereocenters. The summed E-state index contributed by atoms with van der Waals surface area (Å²) in [6.45, 7) is 1.71. The van der Waals surface area contributed by atoms with E-state index in [0.717, 1.165) is 0 Å². The zero-order valence-electron chi connectivity index (χ0n) is 10.6. The number of halogens is 1. The molecule has 4 nitrogen and oxygen atoms in total. The number of nitrogens with one attached hydrogen (secondary N) is 1. The maximum absolute atomic E-state index is 13.1. The first kappa shape index (κ1) is 14.0. The number of carbonyl (C=O) groups is 1. The van der Waals surface area contributed by atoms with Crippen molar-refractivity contribution >= 4 is 15.7 Å². The summed E-state index contributed by atoms with van der Waals surface area (Å²) in [5, 5.41) is 2.67. The molecular formula is C13H16FNO3S. The largest absolute Gasteiger partial charge is 0.348 e. The minimum atomic E-state index is -3.07. The molecule has 0 spiro atoms. The predicted molar refractivity (Wildman–Crippen MR) is 70.3 cm³/mol. The fourth-order valence-corrected chi connectivity index (χ4v) is 3.87. The molecule has 19 heavy (non-hydrogen) atoms. The minimum absolute atomic E-state index is 0.0346. The Bertz CT molecular complexity index is 598. The predicted octanol–water partition coefficient (Wildman–Crippen LogP) is 1.44. The van der Waals surface area contributed by atoms with Gasteiger partial charge >= 0.3 is 0 Å². The maximum Gasteiger partial charge on any atom is 0.251 e. The summed E-state index contributed by atoms with van der Waals surface area (Å²) in [4.78, 5) is 12.0. The highest BCUT2D eigenvalue weighted by Crippen LogP contribution is 2.14. The summed E-state index contributed by atoms with van der Waals surface area (Å²) in [5.74, 6) is -0.753. The lowest BCUT2D eigenvalue weighted by atomic mass is 10.1. The molecule has 0 radical (unpaired) electrons. The van der Waals surface area contributed by atoms with E-state index in [2.05, 4.69) is 5.32 Å². The number of aryl methyl sites for hydroxylation is 1. The van der Waals surface area contributed by atoms with Gasteiger partial charge in [0.15, 0.2) is 9.84 Å². The molecule has 1 aliphatic heterocycles. The summed E-state index contributed by atoms with van der Waals surface area (Å²) >= 11 is 0. The Hall–Kier alpha value is -1.43. The van der Waals surface area contributed by atoms with Gasteiger partial charge in [-0.05, 0) is 37.5 Å². The highest BCUT2D eigenvalue weighted by atomic mass is 32.2. The second kappa shape index (κ2) is 5.28. The second-order valence-electron chi connectivity index (χ2n) is 4.89. The molecule has 1 heterocycles. The van der Waals surface area contributed by atoms with Crippen molar-refractivity contribution in [3.05, 3.63) is 35.1 Å². The van der Waals surface area contributed by atoms with E-state index in [1.165, 1.54) is 18.2 Å². The molecule has 1 amide bonds. The van der Waals surface area contributed by atoms with Crippen LogP contribution < -0.4 is 5.32 Å². The van der Waals surface area contributed by atoms with Gasteiger partial charge in [0.05, 0.1) is 11.5 Å². The van der Waals surface area contributed by atoms with E-state index < -0.39 is 21.6 Å². The van der Waals surface area contributed by atoms with Gasteiger partial charge in [-0.3, -0.25) is 4.79 Å². The Kier molecular flexibility index (Phi) is 3.89. The zero-order chi connectivity index (χ0) is 14.0. The number of amides is 1. The molecule has 0 saturated carbocycles. The van der Waals surface area contributed by atoms with E-state index in [9.17, 15) is 17.6 Å². The van der Waals surface area contributed by atoms with Crippen molar-refractivity contribution in [3.63, 3.8) is 0 Å². The van der Waals surface area contributed by atoms with Gasteiger partial charge in [-0.25, -0.2) is 12.8 Å². The smallest absolute Gasteiger partial charge is 0.251 e. The van der Waals surface area contributed by atoms with Crippen molar-refractivity contribution in [2.24, 2.45) is 0 Å². The quantitative estimate of drug-likeness (QED) is 0.894. The third-order valence-corrected chi connectivity index (χ3v) is 5.06. The fourth-order valence-electron chi connectivity index (χ4n) is 2.24. The Balaban J connectivity index is 2.11. The van der Waals surface area contributed by atoms with Crippen LogP contribution >= 0.6 is 0 Å². The third kappa shape index (κ3) is 3.53. The summed E-state index contributed by atoms with van der Waals surface area (Å²) in [6, 6.07) is 3.61. The summed E-state index contributed by atoms with van der Waals surface area (Å²) in [5.41, 5.74) is 0.917. The zero-order valence-corrected chi connectivity index (χ0v) is 11.5. The number of hydrogen-bond donors (Lipinski definition) is 1. The fraction of sp³-hybridized carbons (Fsp3) is 0.462. The number of rotatable bonds is 2. The average Bonchev–Trinajstić information content (AvgIpc) is 2.31. The first-order chi connectivity index (χ1) is 8.87. The van der Waals surface area contributed by atoms with Gasteiger partial charge in [-0.15, -0.1) is 0 Å². The minimum Gasteiger partial charge on any atom is -0.348 e. The monoisotopic (exact) mass is 285 g/mol. The van der Waals surface area contributed by atoms with Crippen LogP contribution in [0.15, 0.2) is 18.2 Å². The van der Waals surface area contributed by atoms with Gasteiger partial charge < -0.3 is 5.32 Å². The number of carbonyl (C=O) groups excluding carboxylic acids is 1. The molecule has 6 heteroatoms. The van der Waals surface area contributed by atoms with Crippen LogP contribution in [0.4, 0.5) is 4.39 Å². The lowest BCUT2D eigenvalue weighted by molar-refractivity contribution is 0.0937. The van der Waals surface area contributed by atoms with Gasteiger partial charge in [0, 0.05) is 11.6 Å². The number of sulfone groups is 1. The second-order valence-corrected chi connectivity index (χ2v) is 7.11. The Morgan fingerprint density at radius 1 is 1.42 bits per heavy atom. The van der Waals surface area contributed by atoms with E-state index in [1.54, 1.807) is 6.92 Å². The Morgan fingerprint density at radius 3 is 2.84 bits per heavy atom. The molecular weight excluding hydrogens is 269 g/mol. The van der Waals surface area contributed by atoms with Crippen molar-refractivity contribution in [2.75, 3.05) is 11.5 Å². The van der Waals surface area contributed by atoms with Gasteiger partial charge in [-0.2, -0.15) is 0 Å². The van der Waals surface area contributed by atoms with Crippen LogP contribution in [0.1, 0.15) is 28.8 Å². The molecule has 1 N–H and O–H groups in total. The lowest BCUT2D eigenvalue weighted by Crippen LogP contribution is -2.43. The standard InChI is InChI=1S/C13H16FNO3S/c1-9-4-5-10(14)7-12(9)13(16)15-11-3-2-6-19(17,18)8-11/h4-5,7,11H,2-3,6,8H2,1H3,(H,15,16)/t11-/m0/s1. The molecule has 0 aliphatic carbocycles. The third-order valence-electron chi connectivity index (χ3n) is 3.24. The summed E-state index contributed by atoms with van der Waals surface area (Å²) in [7, 11) is -3.07. The van der Waals surface area contributed by atoms with E-state index in [1.807, 2.05) is 0 Å². The van der Waals surface area contributed by atoms with Crippen molar-refractivity contribution in [1.29, 1.82) is 0 Å². The summed E-state index contributed by atoms with van der Waals surface area (Å²) in [6.07, 6.45) is 1.19. The Morgan fingerprint density at radius 2 is 2.16 bits per heavy atom. The molecule has 2 rings (SSSR count). The van der Waals surface area contributed by atoms with Crippen LogP contribution in [-0.4, -0.2) is 31.9 Å². The van der Waals surface area contributed by atoms with Crippen molar-refractivity contribution in [1.82, 2.24) is 5.32 Å². The molecule has 1 saturated heterocycles. The van der Waals surface area contributed by atoms with Crippen LogP contribution in [0.2, 0.25) is 0 Å². The van der Waals surface area contributed by atoms with Crippen LogP contribution in [0.3, 0.4) is 0 Å². The van der Waals surface area contributed by atoms with Crippen LogP contribution in [-0.2, 0) is 9.84 Å². The lowest BCUT2D eigenvalue weighted by Gasteiger charge is -2.23. The van der Waals surface area contributed by atoms with E-state index in [0.29, 0.717) is 18.4 Å². The molecule has 1 fully saturated rings. The van der Waals surface area contributed by atoms with Crippen molar-refractivity contribution in [2.45, 2.75) is 25.8 Å². The topological polar surface area (TPSA) is 63.2 Å². The van der Waals surface area contributed by atoms with Gasteiger partial charge in [0.1, 0.15) is 5.82 Å². The van der Waals surface area contributed by atoms with E-state index in [4.69, 9.17) is 0 Å². The highest BCUT2D eigenvalue weighted by Gasteiger charge is 2.26. The van der Waals surface area contributed by atoms with E-state index >= 15 is 0 Å². The number of benzene rings is 1. The summed E-state index contributed by atoms with van der Waals surface area (Å²) < 4.78 is 36.1. The molecule has 1 aliphatic rings. The maximum atomic E-state index is 13.1. The highest BCUT2D eigenvalue weighted by molar-refractivity contribution is 7.91. The molecule has 0 bridgehead atoms. The van der Waals surface area contributed by atoms with Crippen molar-refractivity contribution in [3.8, 4) is 0 Å². The first-order valence-corrected chi connectivity index (χ1v) is 7.97. The molecule has 1 aromatic carbocycles. The normalized spacial score (nSPS) is 21.9. The van der Waals surface area contributed by atoms with E-state index in [-0.39, 0.29) is 23.1 Å². The Labute approximate surface area is 111 Å². The van der Waals surface area contributed by atoms with Gasteiger partial charge in [0.2, 0.25) is 0 Å². The molecule has 104 valence electrons. The molecule has 1 aromatic rings. The SMILES string of the molecule is Cc1ccc(F)cc1C(=O)N[C@H]1CCCS(=O)(=O)C1. The van der Waals surface area contributed by atoms with Crippen LogP contribution in [0.5, 0.6) is 0 Å². The average molecular weight is 285 g/mol. The first-order valence-electron chi connectivity index (χ1n) is 6.15. The number of hydrogen-bond acceptors (Lipinski definition) is 3. The van der Waals surface area contributed by atoms with Crippen LogP contribution in [0.25, 0.3) is 0 Å². The van der Waals surface area contributed by atoms with Crippen LogP contribution in [0, 0.1) is 12.7 Å². The van der Waals surface area contributed by atoms with Crippen molar-refractivity contribution < 1.29 is 17.6 Å². The molecule has 0 unspecified atom stereocenters.